The number of amides is 1. The molecule has 2 heterocycles. The van der Waals surface area contributed by atoms with Gasteiger partial charge in [0.2, 0.25) is 0 Å². The topological polar surface area (TPSA) is 71.3 Å². The number of piperidine rings is 1. The molecule has 0 bridgehead atoms. The van der Waals surface area contributed by atoms with Gasteiger partial charge in [0.1, 0.15) is 0 Å². The van der Waals surface area contributed by atoms with Crippen molar-refractivity contribution in [1.82, 2.24) is 20.4 Å². The standard InChI is InChI=1S/C18H22F2N4O2/c1-21-17(25)18-22-16(23-26-18)11-24-8-2-3-13(10-24)5-4-12-6-7-14(19)15(20)9-12/h6-7,9,13H,2-5,8,10-11H2,1H3,(H,21,25). The van der Waals surface area contributed by atoms with Crippen LogP contribution in [-0.4, -0.2) is 41.1 Å². The van der Waals surface area contributed by atoms with Crippen molar-refractivity contribution in [3.05, 3.63) is 47.1 Å². The summed E-state index contributed by atoms with van der Waals surface area (Å²) in [6, 6.07) is 4.09. The van der Waals surface area contributed by atoms with Crippen molar-refractivity contribution in [2.75, 3.05) is 20.1 Å². The summed E-state index contributed by atoms with van der Waals surface area (Å²) >= 11 is 0. The number of nitrogens with one attached hydrogen (secondary N) is 1. The van der Waals surface area contributed by atoms with E-state index in [9.17, 15) is 13.6 Å². The van der Waals surface area contributed by atoms with E-state index in [2.05, 4.69) is 20.4 Å². The number of carbonyl (C=O) groups is 1. The summed E-state index contributed by atoms with van der Waals surface area (Å²) in [4.78, 5) is 17.8. The molecule has 1 amide bonds. The predicted molar refractivity (Wildman–Crippen MR) is 90.4 cm³/mol. The maximum absolute atomic E-state index is 13.3. The lowest BCUT2D eigenvalue weighted by Crippen LogP contribution is -2.35. The molecule has 1 atom stereocenters. The van der Waals surface area contributed by atoms with Gasteiger partial charge >= 0.3 is 11.8 Å². The largest absolute Gasteiger partial charge is 0.351 e. The number of halogens is 2. The highest BCUT2D eigenvalue weighted by atomic mass is 19.2. The molecule has 140 valence electrons. The van der Waals surface area contributed by atoms with Crippen LogP contribution in [0.4, 0.5) is 8.78 Å². The van der Waals surface area contributed by atoms with Crippen LogP contribution in [0.15, 0.2) is 22.7 Å². The number of hydrogen-bond acceptors (Lipinski definition) is 5. The maximum Gasteiger partial charge on any atom is 0.315 e. The number of carbonyl (C=O) groups excluding carboxylic acids is 1. The molecule has 1 aliphatic rings. The monoisotopic (exact) mass is 364 g/mol. The molecule has 1 aliphatic heterocycles. The first-order valence-electron chi connectivity index (χ1n) is 8.76. The van der Waals surface area contributed by atoms with Gasteiger partial charge in [-0.25, -0.2) is 8.78 Å². The van der Waals surface area contributed by atoms with Crippen LogP contribution in [0.2, 0.25) is 0 Å². The van der Waals surface area contributed by atoms with Crippen molar-refractivity contribution in [3.63, 3.8) is 0 Å². The molecule has 1 unspecified atom stereocenters. The maximum atomic E-state index is 13.3. The zero-order valence-electron chi connectivity index (χ0n) is 14.7. The Morgan fingerprint density at radius 3 is 3.00 bits per heavy atom. The highest BCUT2D eigenvalue weighted by molar-refractivity contribution is 5.89. The molecule has 6 nitrogen and oxygen atoms in total. The lowest BCUT2D eigenvalue weighted by molar-refractivity contribution is 0.0919. The Bertz CT molecular complexity index is 765. The van der Waals surface area contributed by atoms with Crippen molar-refractivity contribution in [1.29, 1.82) is 0 Å². The van der Waals surface area contributed by atoms with Gasteiger partial charge in [0.05, 0.1) is 6.54 Å². The molecule has 1 aromatic carbocycles. The average Bonchev–Trinajstić information content (AvgIpc) is 3.11. The van der Waals surface area contributed by atoms with Crippen LogP contribution in [0.1, 0.15) is 41.3 Å². The molecule has 1 saturated heterocycles. The molecule has 2 aromatic rings. The third-order valence-electron chi connectivity index (χ3n) is 4.68. The fourth-order valence-electron chi connectivity index (χ4n) is 3.31. The molecule has 0 spiro atoms. The van der Waals surface area contributed by atoms with Gasteiger partial charge in [0.25, 0.3) is 0 Å². The molecule has 8 heteroatoms. The quantitative estimate of drug-likeness (QED) is 0.853. The first-order chi connectivity index (χ1) is 12.5. The van der Waals surface area contributed by atoms with Crippen LogP contribution >= 0.6 is 0 Å². The number of likely N-dealkylation sites (tertiary alicyclic amines) is 1. The first kappa shape index (κ1) is 18.4. The minimum absolute atomic E-state index is 0.0330. The van der Waals surface area contributed by atoms with E-state index >= 15 is 0 Å². The van der Waals surface area contributed by atoms with Gasteiger partial charge in [-0.15, -0.1) is 0 Å². The van der Waals surface area contributed by atoms with E-state index in [4.69, 9.17) is 4.52 Å². The van der Waals surface area contributed by atoms with E-state index in [1.807, 2.05) is 0 Å². The van der Waals surface area contributed by atoms with Crippen LogP contribution in [0.25, 0.3) is 0 Å². The number of aromatic nitrogens is 2. The van der Waals surface area contributed by atoms with Crippen molar-refractivity contribution < 1.29 is 18.1 Å². The highest BCUT2D eigenvalue weighted by Gasteiger charge is 2.22. The first-order valence-corrected chi connectivity index (χ1v) is 8.76. The van der Waals surface area contributed by atoms with E-state index in [0.29, 0.717) is 18.3 Å². The van der Waals surface area contributed by atoms with Gasteiger partial charge in [0, 0.05) is 13.6 Å². The molecule has 0 aliphatic carbocycles. The Morgan fingerprint density at radius 1 is 1.38 bits per heavy atom. The lowest BCUT2D eigenvalue weighted by Gasteiger charge is -2.31. The van der Waals surface area contributed by atoms with Crippen molar-refractivity contribution in [2.45, 2.75) is 32.2 Å². The van der Waals surface area contributed by atoms with Crippen LogP contribution in [-0.2, 0) is 13.0 Å². The molecule has 0 radical (unpaired) electrons. The fraction of sp³-hybridized carbons (Fsp3) is 0.500. The SMILES string of the molecule is CNC(=O)c1nc(CN2CCCC(CCc3ccc(F)c(F)c3)C2)no1. The Morgan fingerprint density at radius 2 is 2.23 bits per heavy atom. The second-order valence-corrected chi connectivity index (χ2v) is 6.63. The molecule has 3 rings (SSSR count). The van der Waals surface area contributed by atoms with Gasteiger partial charge < -0.3 is 9.84 Å². The minimum atomic E-state index is -0.811. The summed E-state index contributed by atoms with van der Waals surface area (Å²) in [5, 5.41) is 6.30. The lowest BCUT2D eigenvalue weighted by atomic mass is 9.91. The third kappa shape index (κ3) is 4.63. The smallest absolute Gasteiger partial charge is 0.315 e. The number of hydrogen-bond donors (Lipinski definition) is 1. The van der Waals surface area contributed by atoms with E-state index in [0.717, 1.165) is 44.3 Å². The zero-order valence-corrected chi connectivity index (χ0v) is 14.7. The number of benzene rings is 1. The summed E-state index contributed by atoms with van der Waals surface area (Å²) in [7, 11) is 1.51. The summed E-state index contributed by atoms with van der Waals surface area (Å²) in [6.07, 6.45) is 3.80. The summed E-state index contributed by atoms with van der Waals surface area (Å²) in [5.41, 5.74) is 0.814. The second-order valence-electron chi connectivity index (χ2n) is 6.63. The van der Waals surface area contributed by atoms with Gasteiger partial charge in [0.15, 0.2) is 17.5 Å². The van der Waals surface area contributed by atoms with Crippen molar-refractivity contribution in [3.8, 4) is 0 Å². The van der Waals surface area contributed by atoms with Gasteiger partial charge in [-0.05, 0) is 55.8 Å². The van der Waals surface area contributed by atoms with E-state index in [1.165, 1.54) is 19.2 Å². The normalized spacial score (nSPS) is 18.0. The molecule has 1 fully saturated rings. The van der Waals surface area contributed by atoms with Crippen molar-refractivity contribution >= 4 is 5.91 Å². The minimum Gasteiger partial charge on any atom is -0.351 e. The van der Waals surface area contributed by atoms with Crippen LogP contribution < -0.4 is 5.32 Å². The molecular weight excluding hydrogens is 342 g/mol. The van der Waals surface area contributed by atoms with Gasteiger partial charge in [-0.1, -0.05) is 11.2 Å². The summed E-state index contributed by atoms with van der Waals surface area (Å²) < 4.78 is 31.2. The fourth-order valence-corrected chi connectivity index (χ4v) is 3.31. The Labute approximate surface area is 150 Å². The number of rotatable bonds is 6. The van der Waals surface area contributed by atoms with Crippen LogP contribution in [0.5, 0.6) is 0 Å². The van der Waals surface area contributed by atoms with Crippen molar-refractivity contribution in [2.24, 2.45) is 5.92 Å². The Hall–Kier alpha value is -2.35. The predicted octanol–water partition coefficient (Wildman–Crippen LogP) is 2.55. The molecule has 26 heavy (non-hydrogen) atoms. The average molecular weight is 364 g/mol. The number of aryl methyl sites for hydroxylation is 1. The highest BCUT2D eigenvalue weighted by Crippen LogP contribution is 2.23. The van der Waals surface area contributed by atoms with E-state index in [1.54, 1.807) is 6.07 Å². The van der Waals surface area contributed by atoms with Crippen LogP contribution in [0.3, 0.4) is 0 Å². The van der Waals surface area contributed by atoms with E-state index in [-0.39, 0.29) is 5.89 Å². The van der Waals surface area contributed by atoms with Gasteiger partial charge in [-0.3, -0.25) is 9.69 Å². The summed E-state index contributed by atoms with van der Waals surface area (Å²) in [5.74, 6) is -1.07. The van der Waals surface area contributed by atoms with Crippen LogP contribution in [0, 0.1) is 17.6 Å². The third-order valence-corrected chi connectivity index (χ3v) is 4.68. The number of nitrogens with zero attached hydrogens (tertiary/aromatic N) is 3. The molecular formula is C18H22F2N4O2. The molecule has 0 saturated carbocycles. The zero-order chi connectivity index (χ0) is 18.5. The Balaban J connectivity index is 1.51. The molecule has 1 aromatic heterocycles. The Kier molecular flexibility index (Phi) is 5.92. The van der Waals surface area contributed by atoms with E-state index < -0.39 is 17.5 Å². The summed E-state index contributed by atoms with van der Waals surface area (Å²) in [6.45, 7) is 2.35. The van der Waals surface area contributed by atoms with Gasteiger partial charge in [-0.2, -0.15) is 4.98 Å². The molecule has 1 N–H and O–H groups in total. The second kappa shape index (κ2) is 8.35.